The Morgan fingerprint density at radius 3 is 2.35 bits per heavy atom. The summed E-state index contributed by atoms with van der Waals surface area (Å²) >= 11 is 5.89. The molecule has 26 heavy (non-hydrogen) atoms. The lowest BCUT2D eigenvalue weighted by molar-refractivity contribution is -0.134. The van der Waals surface area contributed by atoms with Crippen LogP contribution in [0, 0.1) is 0 Å². The van der Waals surface area contributed by atoms with Gasteiger partial charge in [0.2, 0.25) is 0 Å². The topological polar surface area (TPSA) is 51.5 Å². The van der Waals surface area contributed by atoms with Crippen molar-refractivity contribution in [3.05, 3.63) is 89.3 Å². The van der Waals surface area contributed by atoms with Crippen molar-refractivity contribution < 1.29 is 13.9 Å². The van der Waals surface area contributed by atoms with E-state index in [4.69, 9.17) is 20.8 Å². The van der Waals surface area contributed by atoms with Crippen LogP contribution in [0.3, 0.4) is 0 Å². The van der Waals surface area contributed by atoms with Crippen molar-refractivity contribution in [1.29, 1.82) is 0 Å². The van der Waals surface area contributed by atoms with Gasteiger partial charge in [-0.25, -0.2) is 0 Å². The molecule has 0 saturated heterocycles. The van der Waals surface area contributed by atoms with Gasteiger partial charge in [-0.1, -0.05) is 41.9 Å². The van der Waals surface area contributed by atoms with E-state index in [1.54, 1.807) is 50.4 Å². The van der Waals surface area contributed by atoms with Crippen LogP contribution in [0.4, 0.5) is 0 Å². The molecule has 2 aromatic carbocycles. The Labute approximate surface area is 157 Å². The normalized spacial score (nSPS) is 12.4. The summed E-state index contributed by atoms with van der Waals surface area (Å²) in [6, 6.07) is 19.8. The minimum Gasteiger partial charge on any atom is -0.478 e. The molecular weight excluding hydrogens is 350 g/mol. The smallest absolute Gasteiger partial charge is 0.264 e. The molecule has 1 aromatic heterocycles. The third-order valence-corrected chi connectivity index (χ3v) is 4.22. The zero-order valence-electron chi connectivity index (χ0n) is 14.6. The van der Waals surface area contributed by atoms with E-state index in [9.17, 15) is 4.79 Å². The second kappa shape index (κ2) is 7.67. The van der Waals surface area contributed by atoms with Gasteiger partial charge in [-0.2, -0.15) is 0 Å². The Hall–Kier alpha value is -2.72. The van der Waals surface area contributed by atoms with Gasteiger partial charge in [-0.3, -0.25) is 4.79 Å². The van der Waals surface area contributed by atoms with Gasteiger partial charge in [-0.15, -0.1) is 0 Å². The summed E-state index contributed by atoms with van der Waals surface area (Å²) in [5.41, 5.74) is -0.147. The third-order valence-electron chi connectivity index (χ3n) is 3.97. The number of ether oxygens (including phenoxy) is 1. The number of nitrogens with one attached hydrogen (secondary N) is 1. The van der Waals surface area contributed by atoms with Crippen molar-refractivity contribution in [2.75, 3.05) is 0 Å². The highest BCUT2D eigenvalue weighted by molar-refractivity contribution is 6.30. The lowest BCUT2D eigenvalue weighted by Gasteiger charge is -2.28. The predicted octanol–water partition coefficient (Wildman–Crippen LogP) is 5.00. The highest BCUT2D eigenvalue weighted by Gasteiger charge is 2.33. The van der Waals surface area contributed by atoms with Gasteiger partial charge >= 0.3 is 0 Å². The maximum atomic E-state index is 12.9. The minimum absolute atomic E-state index is 0.252. The third kappa shape index (κ3) is 4.27. The summed E-state index contributed by atoms with van der Waals surface area (Å²) in [5, 5.41) is 3.64. The standard InChI is InChI=1S/C21H20ClNO3/c1-21(2,26-17-12-10-16(22)11-13-17)20(24)23-19(18-9-6-14-25-18)15-7-4-3-5-8-15/h3-14,19H,1-2H3,(H,23,24)/t19-/m0/s1. The molecule has 3 aromatic rings. The van der Waals surface area contributed by atoms with Gasteiger partial charge in [0, 0.05) is 5.02 Å². The van der Waals surface area contributed by atoms with Gasteiger partial charge in [0.05, 0.1) is 6.26 Å². The highest BCUT2D eigenvalue weighted by atomic mass is 35.5. The van der Waals surface area contributed by atoms with Crippen molar-refractivity contribution in [3.63, 3.8) is 0 Å². The molecule has 0 radical (unpaired) electrons. The predicted molar refractivity (Wildman–Crippen MR) is 101 cm³/mol. The maximum absolute atomic E-state index is 12.9. The van der Waals surface area contributed by atoms with Crippen LogP contribution in [0.2, 0.25) is 5.02 Å². The quantitative estimate of drug-likeness (QED) is 0.665. The van der Waals surface area contributed by atoms with E-state index in [0.717, 1.165) is 5.56 Å². The van der Waals surface area contributed by atoms with Crippen LogP contribution in [0.5, 0.6) is 5.75 Å². The van der Waals surface area contributed by atoms with Crippen LogP contribution in [0.15, 0.2) is 77.4 Å². The summed E-state index contributed by atoms with van der Waals surface area (Å²) in [4.78, 5) is 12.9. The van der Waals surface area contributed by atoms with Crippen molar-refractivity contribution in [1.82, 2.24) is 5.32 Å². The molecule has 0 fully saturated rings. The molecule has 1 N–H and O–H groups in total. The number of hydrogen-bond acceptors (Lipinski definition) is 3. The summed E-state index contributed by atoms with van der Waals surface area (Å²) in [6.07, 6.45) is 1.59. The lowest BCUT2D eigenvalue weighted by atomic mass is 10.0. The van der Waals surface area contributed by atoms with Crippen LogP contribution < -0.4 is 10.1 Å². The number of halogens is 1. The first-order valence-electron chi connectivity index (χ1n) is 8.29. The molecule has 5 heteroatoms. The van der Waals surface area contributed by atoms with E-state index >= 15 is 0 Å². The average molecular weight is 370 g/mol. The first-order valence-corrected chi connectivity index (χ1v) is 8.67. The Morgan fingerprint density at radius 1 is 1.04 bits per heavy atom. The molecule has 0 saturated carbocycles. The van der Waals surface area contributed by atoms with Gasteiger partial charge < -0.3 is 14.5 Å². The van der Waals surface area contributed by atoms with E-state index < -0.39 is 11.6 Å². The number of benzene rings is 2. The average Bonchev–Trinajstić information content (AvgIpc) is 3.16. The number of hydrogen-bond donors (Lipinski definition) is 1. The zero-order valence-corrected chi connectivity index (χ0v) is 15.4. The molecule has 3 rings (SSSR count). The molecule has 0 bridgehead atoms. The van der Waals surface area contributed by atoms with E-state index in [1.807, 2.05) is 36.4 Å². The van der Waals surface area contributed by atoms with Crippen LogP contribution in [0.25, 0.3) is 0 Å². The Morgan fingerprint density at radius 2 is 1.73 bits per heavy atom. The molecule has 4 nitrogen and oxygen atoms in total. The van der Waals surface area contributed by atoms with Crippen LogP contribution in [-0.2, 0) is 4.79 Å². The fraction of sp³-hybridized carbons (Fsp3) is 0.190. The number of rotatable bonds is 6. The molecule has 134 valence electrons. The zero-order chi connectivity index (χ0) is 18.6. The minimum atomic E-state index is -1.08. The molecule has 0 aliphatic heterocycles. The van der Waals surface area contributed by atoms with E-state index in [1.165, 1.54) is 0 Å². The summed E-state index contributed by atoms with van der Waals surface area (Å²) in [7, 11) is 0. The van der Waals surface area contributed by atoms with Crippen LogP contribution in [0.1, 0.15) is 31.2 Å². The molecule has 1 amide bonds. The fourth-order valence-corrected chi connectivity index (χ4v) is 2.69. The van der Waals surface area contributed by atoms with E-state index in [0.29, 0.717) is 16.5 Å². The summed E-state index contributed by atoms with van der Waals surface area (Å²) < 4.78 is 11.4. The molecule has 0 spiro atoms. The summed E-state index contributed by atoms with van der Waals surface area (Å²) in [6.45, 7) is 3.45. The second-order valence-corrected chi connectivity index (χ2v) is 6.84. The Kier molecular flexibility index (Phi) is 5.33. The van der Waals surface area contributed by atoms with Crippen molar-refractivity contribution >= 4 is 17.5 Å². The molecule has 0 aliphatic rings. The van der Waals surface area contributed by atoms with E-state index in [-0.39, 0.29) is 5.91 Å². The highest BCUT2D eigenvalue weighted by Crippen LogP contribution is 2.25. The van der Waals surface area contributed by atoms with Crippen LogP contribution >= 0.6 is 11.6 Å². The SMILES string of the molecule is CC(C)(Oc1ccc(Cl)cc1)C(=O)N[C@@H](c1ccccc1)c1ccco1. The first kappa shape index (κ1) is 18.1. The summed E-state index contributed by atoms with van der Waals surface area (Å²) in [5.74, 6) is 0.980. The van der Waals surface area contributed by atoms with Gasteiger partial charge in [0.25, 0.3) is 5.91 Å². The molecular formula is C21H20ClNO3. The van der Waals surface area contributed by atoms with E-state index in [2.05, 4.69) is 5.32 Å². The Bertz CT molecular complexity index is 843. The molecule has 0 aliphatic carbocycles. The monoisotopic (exact) mass is 369 g/mol. The van der Waals surface area contributed by atoms with Crippen molar-refractivity contribution in [2.24, 2.45) is 0 Å². The molecule has 0 unspecified atom stereocenters. The second-order valence-electron chi connectivity index (χ2n) is 6.40. The van der Waals surface area contributed by atoms with Gasteiger partial charge in [-0.05, 0) is 55.8 Å². The molecule has 1 heterocycles. The van der Waals surface area contributed by atoms with Crippen molar-refractivity contribution in [2.45, 2.75) is 25.5 Å². The fourth-order valence-electron chi connectivity index (χ4n) is 2.57. The number of carbonyl (C=O) groups is 1. The Balaban J connectivity index is 1.79. The van der Waals surface area contributed by atoms with Gasteiger partial charge in [0.15, 0.2) is 5.60 Å². The molecule has 1 atom stereocenters. The van der Waals surface area contributed by atoms with Gasteiger partial charge in [0.1, 0.15) is 17.6 Å². The first-order chi connectivity index (χ1) is 12.5. The number of amides is 1. The lowest BCUT2D eigenvalue weighted by Crippen LogP contribution is -2.47. The maximum Gasteiger partial charge on any atom is 0.264 e. The van der Waals surface area contributed by atoms with Crippen LogP contribution in [-0.4, -0.2) is 11.5 Å². The number of carbonyl (C=O) groups excluding carboxylic acids is 1. The largest absolute Gasteiger partial charge is 0.478 e. The number of furan rings is 1. The van der Waals surface area contributed by atoms with Crippen molar-refractivity contribution in [3.8, 4) is 5.75 Å².